The third kappa shape index (κ3) is 5.78. The van der Waals surface area contributed by atoms with Crippen molar-refractivity contribution >= 4 is 17.3 Å². The SMILES string of the molecule is C=CC1C[C@H](OC(=O)C2(c3ccccc3)CCCCCC2)C1CCNCCc1ccc(C)s1. The molecule has 178 valence electrons. The van der Waals surface area contributed by atoms with E-state index in [1.165, 1.54) is 22.6 Å². The van der Waals surface area contributed by atoms with Gasteiger partial charge in [-0.3, -0.25) is 4.79 Å². The zero-order valence-corrected chi connectivity index (χ0v) is 20.9. The Bertz CT molecular complexity index is 897. The van der Waals surface area contributed by atoms with E-state index in [-0.39, 0.29) is 12.1 Å². The van der Waals surface area contributed by atoms with Gasteiger partial charge in [0.25, 0.3) is 0 Å². The van der Waals surface area contributed by atoms with Crippen LogP contribution in [0.15, 0.2) is 55.1 Å². The molecule has 2 aromatic rings. The Hall–Kier alpha value is -1.91. The predicted molar refractivity (Wildman–Crippen MR) is 138 cm³/mol. The molecule has 3 atom stereocenters. The molecule has 2 saturated carbocycles. The molecule has 0 amide bonds. The Labute approximate surface area is 203 Å². The number of carbonyl (C=O) groups excluding carboxylic acids is 1. The van der Waals surface area contributed by atoms with Crippen molar-refractivity contribution in [3.63, 3.8) is 0 Å². The normalized spacial score (nSPS) is 24.5. The highest BCUT2D eigenvalue weighted by Gasteiger charge is 2.47. The average Bonchev–Trinajstić information content (AvgIpc) is 3.08. The molecular weight excluding hydrogens is 426 g/mol. The molecule has 0 saturated heterocycles. The predicted octanol–water partition coefficient (Wildman–Crippen LogP) is 6.60. The van der Waals surface area contributed by atoms with Crippen molar-refractivity contribution in [1.82, 2.24) is 5.32 Å². The van der Waals surface area contributed by atoms with E-state index in [1.54, 1.807) is 0 Å². The van der Waals surface area contributed by atoms with Gasteiger partial charge in [0, 0.05) is 15.7 Å². The maximum atomic E-state index is 13.7. The van der Waals surface area contributed by atoms with E-state index in [4.69, 9.17) is 4.74 Å². The Kier molecular flexibility index (Phi) is 8.43. The van der Waals surface area contributed by atoms with Crippen LogP contribution in [0.4, 0.5) is 0 Å². The first-order chi connectivity index (χ1) is 16.1. The summed E-state index contributed by atoms with van der Waals surface area (Å²) < 4.78 is 6.30. The third-order valence-electron chi connectivity index (χ3n) is 7.77. The molecule has 2 aliphatic rings. The van der Waals surface area contributed by atoms with Crippen molar-refractivity contribution in [3.05, 3.63) is 70.4 Å². The van der Waals surface area contributed by atoms with Gasteiger partial charge in [0.2, 0.25) is 0 Å². The number of hydrogen-bond donors (Lipinski definition) is 1. The fourth-order valence-electron chi connectivity index (χ4n) is 5.68. The number of aryl methyl sites for hydroxylation is 1. The van der Waals surface area contributed by atoms with Gasteiger partial charge < -0.3 is 10.1 Å². The Morgan fingerprint density at radius 1 is 1.12 bits per heavy atom. The van der Waals surface area contributed by atoms with Crippen molar-refractivity contribution in [1.29, 1.82) is 0 Å². The van der Waals surface area contributed by atoms with Gasteiger partial charge in [-0.1, -0.05) is 62.1 Å². The molecule has 3 nitrogen and oxygen atoms in total. The number of thiophene rings is 1. The second kappa shape index (κ2) is 11.5. The second-order valence-electron chi connectivity index (χ2n) is 9.91. The van der Waals surface area contributed by atoms with Crippen LogP contribution in [0.3, 0.4) is 0 Å². The molecule has 1 heterocycles. The number of carbonyl (C=O) groups is 1. The summed E-state index contributed by atoms with van der Waals surface area (Å²) in [6.07, 6.45) is 11.5. The fourth-order valence-corrected chi connectivity index (χ4v) is 6.57. The first kappa shape index (κ1) is 24.2. The fraction of sp³-hybridized carbons (Fsp3) is 0.552. The van der Waals surface area contributed by atoms with E-state index in [0.29, 0.717) is 11.8 Å². The highest BCUT2D eigenvalue weighted by molar-refractivity contribution is 7.11. The molecule has 1 N–H and O–H groups in total. The summed E-state index contributed by atoms with van der Waals surface area (Å²) in [4.78, 5) is 16.5. The van der Waals surface area contributed by atoms with Crippen LogP contribution in [0.1, 0.15) is 66.7 Å². The van der Waals surface area contributed by atoms with Crippen molar-refractivity contribution in [3.8, 4) is 0 Å². The quantitative estimate of drug-likeness (QED) is 0.186. The van der Waals surface area contributed by atoms with Gasteiger partial charge in [-0.15, -0.1) is 17.9 Å². The van der Waals surface area contributed by atoms with Crippen LogP contribution in [-0.2, 0) is 21.4 Å². The maximum absolute atomic E-state index is 13.7. The molecule has 33 heavy (non-hydrogen) atoms. The smallest absolute Gasteiger partial charge is 0.316 e. The van der Waals surface area contributed by atoms with Crippen LogP contribution in [0, 0.1) is 18.8 Å². The van der Waals surface area contributed by atoms with Crippen LogP contribution in [0.5, 0.6) is 0 Å². The largest absolute Gasteiger partial charge is 0.461 e. The van der Waals surface area contributed by atoms with Gasteiger partial charge in [0.15, 0.2) is 0 Å². The number of nitrogens with one attached hydrogen (secondary N) is 1. The Balaban J connectivity index is 1.33. The molecule has 0 aliphatic heterocycles. The standard InChI is InChI=1S/C29H39NO2S/c1-3-23-21-27(26(23)16-20-30-19-15-25-14-13-22(2)33-25)32-28(31)29(17-9-4-5-10-18-29)24-11-7-6-8-12-24/h3,6-8,11-14,23,26-27,30H,1,4-5,9-10,15-21H2,2H3/t23?,26?,27-/m0/s1. The summed E-state index contributed by atoms with van der Waals surface area (Å²) in [6, 6.07) is 14.8. The number of benzene rings is 1. The lowest BCUT2D eigenvalue weighted by Crippen LogP contribution is -2.48. The van der Waals surface area contributed by atoms with Gasteiger partial charge in [-0.25, -0.2) is 0 Å². The van der Waals surface area contributed by atoms with Gasteiger partial charge in [0.1, 0.15) is 6.10 Å². The summed E-state index contributed by atoms with van der Waals surface area (Å²) in [7, 11) is 0. The second-order valence-corrected chi connectivity index (χ2v) is 11.3. The number of hydrogen-bond acceptors (Lipinski definition) is 4. The highest BCUT2D eigenvalue weighted by atomic mass is 32.1. The summed E-state index contributed by atoms with van der Waals surface area (Å²) >= 11 is 1.88. The summed E-state index contributed by atoms with van der Waals surface area (Å²) in [5, 5.41) is 3.60. The van der Waals surface area contributed by atoms with E-state index >= 15 is 0 Å². The maximum Gasteiger partial charge on any atom is 0.316 e. The highest BCUT2D eigenvalue weighted by Crippen LogP contribution is 2.44. The monoisotopic (exact) mass is 465 g/mol. The van der Waals surface area contributed by atoms with Gasteiger partial charge in [-0.2, -0.15) is 0 Å². The Morgan fingerprint density at radius 3 is 2.55 bits per heavy atom. The summed E-state index contributed by atoms with van der Waals surface area (Å²) in [5.41, 5.74) is 0.664. The lowest BCUT2D eigenvalue weighted by molar-refractivity contribution is -0.169. The van der Waals surface area contributed by atoms with E-state index in [2.05, 4.69) is 61.3 Å². The van der Waals surface area contributed by atoms with Crippen molar-refractivity contribution < 1.29 is 9.53 Å². The van der Waals surface area contributed by atoms with E-state index in [0.717, 1.165) is 63.6 Å². The van der Waals surface area contributed by atoms with E-state index < -0.39 is 5.41 Å². The molecule has 0 bridgehead atoms. The molecule has 1 aromatic carbocycles. The molecular formula is C29H39NO2S. The third-order valence-corrected chi connectivity index (χ3v) is 8.83. The molecule has 2 unspecified atom stereocenters. The molecule has 1 aromatic heterocycles. The van der Waals surface area contributed by atoms with Crippen LogP contribution >= 0.6 is 11.3 Å². The van der Waals surface area contributed by atoms with Gasteiger partial charge in [-0.05, 0) is 75.7 Å². The minimum absolute atomic E-state index is 0.00846. The lowest BCUT2D eigenvalue weighted by atomic mass is 9.68. The van der Waals surface area contributed by atoms with Crippen LogP contribution in [0.2, 0.25) is 0 Å². The number of ether oxygens (including phenoxy) is 1. The summed E-state index contributed by atoms with van der Waals surface area (Å²) in [6.45, 7) is 8.14. The molecule has 4 rings (SSSR count). The first-order valence-electron chi connectivity index (χ1n) is 12.8. The first-order valence-corrected chi connectivity index (χ1v) is 13.6. The minimum atomic E-state index is -0.474. The van der Waals surface area contributed by atoms with Crippen LogP contribution < -0.4 is 5.32 Å². The van der Waals surface area contributed by atoms with Crippen molar-refractivity contribution in [2.75, 3.05) is 13.1 Å². The van der Waals surface area contributed by atoms with E-state index in [1.807, 2.05) is 17.4 Å². The Morgan fingerprint density at radius 2 is 1.88 bits per heavy atom. The topological polar surface area (TPSA) is 38.3 Å². The van der Waals surface area contributed by atoms with Gasteiger partial charge >= 0.3 is 5.97 Å². The molecule has 2 fully saturated rings. The molecule has 0 radical (unpaired) electrons. The number of rotatable bonds is 10. The number of esters is 1. The van der Waals surface area contributed by atoms with Crippen molar-refractivity contribution in [2.24, 2.45) is 11.8 Å². The lowest BCUT2D eigenvalue weighted by Gasteiger charge is -2.44. The van der Waals surface area contributed by atoms with E-state index in [9.17, 15) is 4.79 Å². The van der Waals surface area contributed by atoms with Crippen LogP contribution in [0.25, 0.3) is 0 Å². The molecule has 0 spiro atoms. The zero-order chi connectivity index (χ0) is 23.1. The van der Waals surface area contributed by atoms with Crippen LogP contribution in [-0.4, -0.2) is 25.2 Å². The minimum Gasteiger partial charge on any atom is -0.461 e. The van der Waals surface area contributed by atoms with Crippen molar-refractivity contribution in [2.45, 2.75) is 76.2 Å². The summed E-state index contributed by atoms with van der Waals surface area (Å²) in [5.74, 6) is 0.835. The molecule has 4 heteroatoms. The zero-order valence-electron chi connectivity index (χ0n) is 20.1. The molecule has 2 aliphatic carbocycles. The number of allylic oxidation sites excluding steroid dienone is 1. The average molecular weight is 466 g/mol. The van der Waals surface area contributed by atoms with Gasteiger partial charge in [0.05, 0.1) is 5.41 Å².